The number of hydrogen-bond donors (Lipinski definition) is 0. The van der Waals surface area contributed by atoms with Gasteiger partial charge in [0.25, 0.3) is 0 Å². The van der Waals surface area contributed by atoms with E-state index < -0.39 is 0 Å². The van der Waals surface area contributed by atoms with E-state index in [9.17, 15) is 4.79 Å². The van der Waals surface area contributed by atoms with Crippen LogP contribution in [0.3, 0.4) is 0 Å². The Bertz CT molecular complexity index is 1080. The van der Waals surface area contributed by atoms with Gasteiger partial charge in [0.05, 0.1) is 5.69 Å². The second kappa shape index (κ2) is 9.67. The smallest absolute Gasteiger partial charge is 0.410 e. The van der Waals surface area contributed by atoms with Gasteiger partial charge in [0.1, 0.15) is 18.5 Å². The molecule has 3 fully saturated rings. The minimum Gasteiger partial charge on any atom is -0.490 e. The van der Waals surface area contributed by atoms with Gasteiger partial charge >= 0.3 is 6.09 Å². The van der Waals surface area contributed by atoms with Crippen LogP contribution in [0.25, 0.3) is 0 Å². The topological polar surface area (TPSA) is 58.1 Å². The number of hydrogen-bond acceptors (Lipinski definition) is 6. The second-order valence-corrected chi connectivity index (χ2v) is 11.5. The summed E-state index contributed by atoms with van der Waals surface area (Å²) in [5.41, 5.74) is 3.80. The largest absolute Gasteiger partial charge is 0.490 e. The van der Waals surface area contributed by atoms with E-state index in [4.69, 9.17) is 14.5 Å². The summed E-state index contributed by atoms with van der Waals surface area (Å²) in [7, 11) is 4.32. The average Bonchev–Trinajstić information content (AvgIpc) is 3.25. The molecule has 2 aromatic rings. The number of carbonyl (C=O) groups is 1. The molecular weight excluding hydrogens is 452 g/mol. The van der Waals surface area contributed by atoms with E-state index in [0.29, 0.717) is 18.7 Å². The fourth-order valence-corrected chi connectivity index (χ4v) is 6.82. The maximum atomic E-state index is 12.4. The molecule has 192 valence electrons. The van der Waals surface area contributed by atoms with E-state index in [1.165, 1.54) is 30.5 Å². The Morgan fingerprint density at radius 2 is 1.94 bits per heavy atom. The Morgan fingerprint density at radius 3 is 2.72 bits per heavy atom. The molecule has 6 rings (SSSR count). The fourth-order valence-electron chi connectivity index (χ4n) is 6.82. The van der Waals surface area contributed by atoms with Gasteiger partial charge in [0, 0.05) is 55.3 Å². The maximum Gasteiger partial charge on any atom is 0.410 e. The third kappa shape index (κ3) is 4.59. The highest BCUT2D eigenvalue weighted by molar-refractivity contribution is 5.69. The standard InChI is InChI=1S/C29H38N4O3/c1-31(2)14-11-22-8-9-25-27-24(12-15-33(22)25)30-13-10-26(27)36-23-16-29(17-23)19-32(20-29)28(34)35-18-21-6-4-3-5-7-21/h3-7,10,13,22-23,25H,8-9,11-12,14-20H2,1-2H3/t22?,25-/m0/s1. The first kappa shape index (κ1) is 23.7. The molecule has 0 radical (unpaired) electrons. The van der Waals surface area contributed by atoms with Gasteiger partial charge in [-0.3, -0.25) is 9.88 Å². The van der Waals surface area contributed by atoms with Crippen LogP contribution < -0.4 is 4.74 Å². The molecule has 4 heterocycles. The van der Waals surface area contributed by atoms with E-state index in [1.54, 1.807) is 0 Å². The molecule has 1 aliphatic carbocycles. The minimum atomic E-state index is -0.206. The summed E-state index contributed by atoms with van der Waals surface area (Å²) in [4.78, 5) is 24.0. The molecule has 4 aliphatic rings. The highest BCUT2D eigenvalue weighted by Gasteiger charge is 2.55. The van der Waals surface area contributed by atoms with Crippen molar-refractivity contribution in [1.82, 2.24) is 19.7 Å². The molecule has 0 bridgehead atoms. The number of rotatable bonds is 7. The molecule has 1 amide bonds. The van der Waals surface area contributed by atoms with Crippen LogP contribution in [-0.2, 0) is 17.8 Å². The normalized spacial score (nSPS) is 24.7. The van der Waals surface area contributed by atoms with Crippen molar-refractivity contribution in [1.29, 1.82) is 0 Å². The SMILES string of the molecule is CN(C)CCC1CC[C@H]2c3c(OC4CC5(C4)CN(C(=O)OCc4ccccc4)C5)ccnc3CCN12. The lowest BCUT2D eigenvalue weighted by molar-refractivity contribution is -0.111. The Hall–Kier alpha value is -2.64. The Kier molecular flexibility index (Phi) is 6.38. The van der Waals surface area contributed by atoms with Gasteiger partial charge in [-0.05, 0) is 64.4 Å². The first-order valence-electron chi connectivity index (χ1n) is 13.5. The highest BCUT2D eigenvalue weighted by atomic mass is 16.6. The third-order valence-electron chi connectivity index (χ3n) is 8.66. The number of amides is 1. The fraction of sp³-hybridized carbons (Fsp3) is 0.586. The van der Waals surface area contributed by atoms with Crippen molar-refractivity contribution in [2.45, 2.75) is 63.3 Å². The Morgan fingerprint density at radius 1 is 1.14 bits per heavy atom. The van der Waals surface area contributed by atoms with Crippen LogP contribution in [-0.4, -0.2) is 78.2 Å². The number of carbonyl (C=O) groups excluding carboxylic acids is 1. The van der Waals surface area contributed by atoms with E-state index >= 15 is 0 Å². The predicted octanol–water partition coefficient (Wildman–Crippen LogP) is 4.27. The van der Waals surface area contributed by atoms with E-state index in [0.717, 1.165) is 56.8 Å². The number of fused-ring (bicyclic) bond motifs is 3. The molecule has 2 atom stereocenters. The number of nitrogens with zero attached hydrogens (tertiary/aromatic N) is 4. The molecule has 1 aromatic heterocycles. The van der Waals surface area contributed by atoms with Gasteiger partial charge in [-0.15, -0.1) is 0 Å². The first-order chi connectivity index (χ1) is 17.5. The highest BCUT2D eigenvalue weighted by Crippen LogP contribution is 2.51. The lowest BCUT2D eigenvalue weighted by Gasteiger charge is -2.57. The quantitative estimate of drug-likeness (QED) is 0.578. The van der Waals surface area contributed by atoms with Crippen molar-refractivity contribution in [3.8, 4) is 5.75 Å². The van der Waals surface area contributed by atoms with Crippen LogP contribution in [0.2, 0.25) is 0 Å². The number of benzene rings is 1. The van der Waals surface area contributed by atoms with Gasteiger partial charge in [-0.25, -0.2) is 4.79 Å². The predicted molar refractivity (Wildman–Crippen MR) is 138 cm³/mol. The monoisotopic (exact) mass is 490 g/mol. The molecule has 1 aromatic carbocycles. The third-order valence-corrected chi connectivity index (χ3v) is 8.66. The molecule has 7 nitrogen and oxygen atoms in total. The summed E-state index contributed by atoms with van der Waals surface area (Å²) in [5.74, 6) is 1.04. The molecular formula is C29H38N4O3. The van der Waals surface area contributed by atoms with Crippen molar-refractivity contribution < 1.29 is 14.3 Å². The van der Waals surface area contributed by atoms with E-state index in [2.05, 4.69) is 30.0 Å². The van der Waals surface area contributed by atoms with E-state index in [-0.39, 0.29) is 17.6 Å². The first-order valence-corrected chi connectivity index (χ1v) is 13.5. The van der Waals surface area contributed by atoms with Crippen LogP contribution in [0, 0.1) is 5.41 Å². The average molecular weight is 491 g/mol. The molecule has 7 heteroatoms. The van der Waals surface area contributed by atoms with Crippen molar-refractivity contribution in [3.05, 3.63) is 59.4 Å². The number of aromatic nitrogens is 1. The van der Waals surface area contributed by atoms with Crippen LogP contribution in [0.5, 0.6) is 5.75 Å². The lowest BCUT2D eigenvalue weighted by Crippen LogP contribution is -2.65. The summed E-state index contributed by atoms with van der Waals surface area (Å²) in [6.07, 6.45) is 8.64. The zero-order valence-corrected chi connectivity index (χ0v) is 21.6. The Balaban J connectivity index is 1.02. The molecule has 1 unspecified atom stereocenters. The number of pyridine rings is 1. The van der Waals surface area contributed by atoms with Crippen molar-refractivity contribution >= 4 is 6.09 Å². The van der Waals surface area contributed by atoms with Gasteiger partial charge in [0.15, 0.2) is 0 Å². The maximum absolute atomic E-state index is 12.4. The lowest BCUT2D eigenvalue weighted by atomic mass is 9.62. The van der Waals surface area contributed by atoms with Crippen LogP contribution in [0.15, 0.2) is 42.6 Å². The zero-order chi connectivity index (χ0) is 24.7. The molecule has 1 spiro atoms. The van der Waals surface area contributed by atoms with Gasteiger partial charge in [-0.2, -0.15) is 0 Å². The van der Waals surface area contributed by atoms with Gasteiger partial charge in [-0.1, -0.05) is 30.3 Å². The van der Waals surface area contributed by atoms with Crippen molar-refractivity contribution in [2.75, 3.05) is 40.3 Å². The summed E-state index contributed by atoms with van der Waals surface area (Å²) in [6.45, 7) is 4.13. The van der Waals surface area contributed by atoms with E-state index in [1.807, 2.05) is 41.4 Å². The summed E-state index contributed by atoms with van der Waals surface area (Å²) in [6, 6.07) is 13.0. The van der Waals surface area contributed by atoms with Crippen LogP contribution in [0.1, 0.15) is 55.0 Å². The molecule has 2 saturated heterocycles. The number of likely N-dealkylation sites (tertiary alicyclic amines) is 1. The second-order valence-electron chi connectivity index (χ2n) is 11.5. The summed E-state index contributed by atoms with van der Waals surface area (Å²) < 4.78 is 12.1. The number of ether oxygens (including phenoxy) is 2. The zero-order valence-electron chi connectivity index (χ0n) is 21.6. The molecule has 0 N–H and O–H groups in total. The summed E-state index contributed by atoms with van der Waals surface area (Å²) in [5, 5.41) is 0. The minimum absolute atomic E-state index is 0.206. The molecule has 36 heavy (non-hydrogen) atoms. The molecule has 3 aliphatic heterocycles. The van der Waals surface area contributed by atoms with Crippen molar-refractivity contribution in [2.24, 2.45) is 5.41 Å². The Labute approximate surface area is 214 Å². The van der Waals surface area contributed by atoms with Gasteiger partial charge in [0.2, 0.25) is 0 Å². The summed E-state index contributed by atoms with van der Waals surface area (Å²) >= 11 is 0. The molecule has 1 saturated carbocycles. The van der Waals surface area contributed by atoms with Gasteiger partial charge < -0.3 is 19.3 Å². The van der Waals surface area contributed by atoms with Crippen LogP contribution >= 0.6 is 0 Å². The van der Waals surface area contributed by atoms with Crippen molar-refractivity contribution in [3.63, 3.8) is 0 Å². The van der Waals surface area contributed by atoms with Crippen LogP contribution in [0.4, 0.5) is 4.79 Å².